The number of nitrogens with zero attached hydrogens (tertiary/aromatic N) is 4. The molecule has 2 heterocycles. The van der Waals surface area contributed by atoms with Crippen LogP contribution in [-0.2, 0) is 12.8 Å². The molecule has 0 atom stereocenters. The number of aromatic nitrogens is 4. The van der Waals surface area contributed by atoms with Crippen LogP contribution in [0.5, 0.6) is 0 Å². The molecule has 0 spiro atoms. The van der Waals surface area contributed by atoms with E-state index in [1.54, 1.807) is 0 Å². The second-order valence-corrected chi connectivity index (χ2v) is 7.86. The van der Waals surface area contributed by atoms with E-state index in [0.717, 1.165) is 48.6 Å². The molecule has 3 aromatic rings. The topological polar surface area (TPSA) is 63.3 Å². The van der Waals surface area contributed by atoms with Crippen molar-refractivity contribution in [1.82, 2.24) is 19.6 Å². The number of thioether (sulfide) groups is 1. The Morgan fingerprint density at radius 2 is 1.89 bits per heavy atom. The SMILES string of the molecule is OCc1cc(F)cc2c1nc(SC1CCCCC1)c1nnc(C(F)(F)F)n12. The van der Waals surface area contributed by atoms with E-state index in [-0.39, 0.29) is 27.5 Å². The minimum atomic E-state index is -4.76. The van der Waals surface area contributed by atoms with Gasteiger partial charge in [0, 0.05) is 16.9 Å². The molecule has 1 aromatic carbocycles. The molecule has 1 aliphatic carbocycles. The number of alkyl halides is 3. The van der Waals surface area contributed by atoms with Crippen molar-refractivity contribution in [2.45, 2.75) is 55.2 Å². The zero-order valence-corrected chi connectivity index (χ0v) is 14.9. The fraction of sp³-hybridized carbons (Fsp3) is 0.471. The largest absolute Gasteiger partial charge is 0.452 e. The number of aliphatic hydroxyl groups is 1. The quantitative estimate of drug-likeness (QED) is 0.662. The Balaban J connectivity index is 1.99. The average molecular weight is 400 g/mol. The predicted octanol–water partition coefficient (Wildman–Crippen LogP) is 4.35. The van der Waals surface area contributed by atoms with Crippen LogP contribution in [0.15, 0.2) is 17.2 Å². The van der Waals surface area contributed by atoms with Crippen molar-refractivity contribution in [2.75, 3.05) is 0 Å². The zero-order chi connectivity index (χ0) is 19.2. The molecule has 0 aliphatic heterocycles. The maximum Gasteiger partial charge on any atom is 0.452 e. The monoisotopic (exact) mass is 400 g/mol. The third-order valence-electron chi connectivity index (χ3n) is 4.70. The van der Waals surface area contributed by atoms with Crippen molar-refractivity contribution < 1.29 is 22.7 Å². The summed E-state index contributed by atoms with van der Waals surface area (Å²) in [5.74, 6) is -1.99. The summed E-state index contributed by atoms with van der Waals surface area (Å²) in [6, 6.07) is 2.04. The van der Waals surface area contributed by atoms with E-state index < -0.39 is 24.4 Å². The summed E-state index contributed by atoms with van der Waals surface area (Å²) < 4.78 is 55.1. The number of hydrogen-bond donors (Lipinski definition) is 1. The first-order valence-electron chi connectivity index (χ1n) is 8.60. The molecule has 1 fully saturated rings. The van der Waals surface area contributed by atoms with Crippen molar-refractivity contribution in [3.05, 3.63) is 29.3 Å². The van der Waals surface area contributed by atoms with Gasteiger partial charge in [0.2, 0.25) is 5.82 Å². The number of fused-ring (bicyclic) bond motifs is 3. The van der Waals surface area contributed by atoms with Gasteiger partial charge in [0.25, 0.3) is 0 Å². The van der Waals surface area contributed by atoms with Crippen LogP contribution in [0, 0.1) is 5.82 Å². The van der Waals surface area contributed by atoms with Gasteiger partial charge in [-0.25, -0.2) is 9.37 Å². The fourth-order valence-corrected chi connectivity index (χ4v) is 4.73. The fourth-order valence-electron chi connectivity index (χ4n) is 3.47. The highest BCUT2D eigenvalue weighted by molar-refractivity contribution is 8.00. The summed E-state index contributed by atoms with van der Waals surface area (Å²) >= 11 is 1.38. The van der Waals surface area contributed by atoms with E-state index in [4.69, 9.17) is 0 Å². The van der Waals surface area contributed by atoms with Gasteiger partial charge in [0.15, 0.2) is 5.65 Å². The molecule has 27 heavy (non-hydrogen) atoms. The molecule has 0 radical (unpaired) electrons. The van der Waals surface area contributed by atoms with E-state index in [0.29, 0.717) is 5.03 Å². The van der Waals surface area contributed by atoms with Crippen molar-refractivity contribution >= 4 is 28.4 Å². The Morgan fingerprint density at radius 1 is 1.15 bits per heavy atom. The van der Waals surface area contributed by atoms with Gasteiger partial charge in [0.1, 0.15) is 10.8 Å². The van der Waals surface area contributed by atoms with Gasteiger partial charge >= 0.3 is 6.18 Å². The summed E-state index contributed by atoms with van der Waals surface area (Å²) in [6.07, 6.45) is 0.422. The Kier molecular flexibility index (Phi) is 4.71. The van der Waals surface area contributed by atoms with E-state index in [1.807, 2.05) is 0 Å². The van der Waals surface area contributed by atoms with Crippen LogP contribution in [0.25, 0.3) is 16.7 Å². The molecule has 0 bridgehead atoms. The molecule has 0 saturated heterocycles. The molecule has 1 aliphatic rings. The predicted molar refractivity (Wildman–Crippen MR) is 91.9 cm³/mol. The molecule has 10 heteroatoms. The van der Waals surface area contributed by atoms with Gasteiger partial charge < -0.3 is 5.11 Å². The van der Waals surface area contributed by atoms with Crippen molar-refractivity contribution in [3.63, 3.8) is 0 Å². The Morgan fingerprint density at radius 3 is 2.56 bits per heavy atom. The third-order valence-corrected chi connectivity index (χ3v) is 6.00. The number of hydrogen-bond acceptors (Lipinski definition) is 5. The summed E-state index contributed by atoms with van der Waals surface area (Å²) in [5.41, 5.74) is 0.0912. The van der Waals surface area contributed by atoms with Crippen LogP contribution in [0.4, 0.5) is 17.6 Å². The highest BCUT2D eigenvalue weighted by atomic mass is 32.2. The summed E-state index contributed by atoms with van der Waals surface area (Å²) in [5, 5.41) is 17.1. The number of rotatable bonds is 3. The summed E-state index contributed by atoms with van der Waals surface area (Å²) in [6.45, 7) is -0.538. The molecule has 5 nitrogen and oxygen atoms in total. The normalized spacial score (nSPS) is 16.5. The van der Waals surface area contributed by atoms with E-state index in [9.17, 15) is 22.7 Å². The highest BCUT2D eigenvalue weighted by Gasteiger charge is 2.38. The summed E-state index contributed by atoms with van der Waals surface area (Å²) in [4.78, 5) is 4.45. The van der Waals surface area contributed by atoms with E-state index >= 15 is 0 Å². The molecular formula is C17H16F4N4OS. The van der Waals surface area contributed by atoms with Crippen molar-refractivity contribution in [2.24, 2.45) is 0 Å². The molecule has 144 valence electrons. The molecule has 2 aromatic heterocycles. The molecule has 0 unspecified atom stereocenters. The van der Waals surface area contributed by atoms with Gasteiger partial charge in [-0.15, -0.1) is 10.2 Å². The molecule has 1 N–H and O–H groups in total. The van der Waals surface area contributed by atoms with Crippen LogP contribution in [0.3, 0.4) is 0 Å². The van der Waals surface area contributed by atoms with E-state index in [1.165, 1.54) is 11.8 Å². The van der Waals surface area contributed by atoms with Crippen LogP contribution < -0.4 is 0 Å². The first-order valence-corrected chi connectivity index (χ1v) is 9.48. The number of benzene rings is 1. The van der Waals surface area contributed by atoms with Crippen LogP contribution >= 0.6 is 11.8 Å². The molecule has 0 amide bonds. The van der Waals surface area contributed by atoms with Crippen LogP contribution in [0.2, 0.25) is 0 Å². The van der Waals surface area contributed by atoms with Gasteiger partial charge in [-0.05, 0) is 18.9 Å². The third kappa shape index (κ3) is 3.36. The zero-order valence-electron chi connectivity index (χ0n) is 14.1. The lowest BCUT2D eigenvalue weighted by molar-refractivity contribution is -0.145. The highest BCUT2D eigenvalue weighted by Crippen LogP contribution is 2.38. The Labute approximate surface area is 155 Å². The maximum absolute atomic E-state index is 13.9. The molecule has 1 saturated carbocycles. The molecular weight excluding hydrogens is 384 g/mol. The smallest absolute Gasteiger partial charge is 0.392 e. The van der Waals surface area contributed by atoms with Crippen LogP contribution in [-0.4, -0.2) is 29.9 Å². The van der Waals surface area contributed by atoms with Gasteiger partial charge in [-0.3, -0.25) is 4.40 Å². The molecule has 4 rings (SSSR count). The Bertz CT molecular complexity index is 998. The first kappa shape index (κ1) is 18.4. The lowest BCUT2D eigenvalue weighted by atomic mass is 10.0. The lowest BCUT2D eigenvalue weighted by Gasteiger charge is -2.21. The van der Waals surface area contributed by atoms with Crippen LogP contribution in [0.1, 0.15) is 43.5 Å². The second-order valence-electron chi connectivity index (χ2n) is 6.57. The van der Waals surface area contributed by atoms with Crippen molar-refractivity contribution in [1.29, 1.82) is 0 Å². The number of halogens is 4. The minimum Gasteiger partial charge on any atom is -0.392 e. The second kappa shape index (κ2) is 6.90. The maximum atomic E-state index is 13.9. The first-order chi connectivity index (χ1) is 12.9. The number of aliphatic hydroxyl groups excluding tert-OH is 1. The van der Waals surface area contributed by atoms with Gasteiger partial charge in [-0.2, -0.15) is 13.2 Å². The Hall–Kier alpha value is -1.94. The minimum absolute atomic E-state index is 0.0418. The lowest BCUT2D eigenvalue weighted by Crippen LogP contribution is -2.13. The van der Waals surface area contributed by atoms with Gasteiger partial charge in [0.05, 0.1) is 17.6 Å². The average Bonchev–Trinajstić information content (AvgIpc) is 3.09. The standard InChI is InChI=1S/C17H16F4N4OS/c18-10-6-9(8-26)13-12(7-10)25-14(23-24-16(25)17(19,20)21)15(22-13)27-11-4-2-1-3-5-11/h6-7,11,26H,1-5,8H2. The van der Waals surface area contributed by atoms with E-state index in [2.05, 4.69) is 15.2 Å². The van der Waals surface area contributed by atoms with Crippen molar-refractivity contribution in [3.8, 4) is 0 Å². The van der Waals surface area contributed by atoms with Gasteiger partial charge in [-0.1, -0.05) is 31.0 Å². The summed E-state index contributed by atoms with van der Waals surface area (Å²) in [7, 11) is 0.